The van der Waals surface area contributed by atoms with Crippen molar-refractivity contribution in [2.24, 2.45) is 0 Å². The lowest BCUT2D eigenvalue weighted by atomic mass is 9.77. The van der Waals surface area contributed by atoms with Gasteiger partial charge in [0.05, 0.1) is 11.9 Å². The Labute approximate surface area is 206 Å². The van der Waals surface area contributed by atoms with E-state index >= 15 is 0 Å². The smallest absolute Gasteiger partial charge is 0.292 e. The number of aromatic amines is 1. The number of H-pyrrole nitrogens is 1. The van der Waals surface area contributed by atoms with Crippen molar-refractivity contribution in [2.75, 3.05) is 5.73 Å². The maximum absolute atomic E-state index is 13.0. The van der Waals surface area contributed by atoms with Gasteiger partial charge in [0.1, 0.15) is 17.7 Å². The molecule has 4 aromatic rings. The highest BCUT2D eigenvalue weighted by molar-refractivity contribution is 5.91. The van der Waals surface area contributed by atoms with Gasteiger partial charge in [0.25, 0.3) is 5.91 Å². The number of anilines is 1. The van der Waals surface area contributed by atoms with Crippen LogP contribution in [0.5, 0.6) is 0 Å². The summed E-state index contributed by atoms with van der Waals surface area (Å²) >= 11 is 0. The van der Waals surface area contributed by atoms with Crippen LogP contribution in [0.4, 0.5) is 5.82 Å². The molecule has 2 bridgehead atoms. The largest absolute Gasteiger partial charge is 0.384 e. The minimum Gasteiger partial charge on any atom is -0.384 e. The van der Waals surface area contributed by atoms with Crippen LogP contribution in [0.2, 0.25) is 0 Å². The van der Waals surface area contributed by atoms with Crippen molar-refractivity contribution >= 4 is 17.4 Å². The molecule has 184 valence electrons. The molecule has 11 nitrogen and oxygen atoms in total. The van der Waals surface area contributed by atoms with Gasteiger partial charge in [-0.25, -0.2) is 4.98 Å². The number of carbonyl (C=O) groups is 1. The minimum atomic E-state index is -0.793. The Morgan fingerprint density at radius 3 is 2.61 bits per heavy atom. The number of rotatable bonds is 4. The van der Waals surface area contributed by atoms with Gasteiger partial charge in [-0.1, -0.05) is 6.07 Å². The second kappa shape index (κ2) is 7.82. The summed E-state index contributed by atoms with van der Waals surface area (Å²) in [4.78, 5) is 27.4. The summed E-state index contributed by atoms with van der Waals surface area (Å²) in [7, 11) is 0. The van der Waals surface area contributed by atoms with Crippen LogP contribution in [-0.4, -0.2) is 62.8 Å². The number of fused-ring (bicyclic) bond motifs is 3. The van der Waals surface area contributed by atoms with Gasteiger partial charge >= 0.3 is 0 Å². The lowest BCUT2D eigenvalue weighted by Gasteiger charge is -2.38. The summed E-state index contributed by atoms with van der Waals surface area (Å²) in [6, 6.07) is 6.06. The SMILES string of the molecule is Nc1cc([C@@H]2C[C@H]3CC[C@@H](C2)N3C(=O)c2nnc[nH]2)nc2c(-c3ccc(C4(O)CCC4)nc3)cnn12. The Hall–Kier alpha value is -3.86. The normalized spacial score (nSPS) is 24.7. The summed E-state index contributed by atoms with van der Waals surface area (Å²) in [6.45, 7) is 0. The van der Waals surface area contributed by atoms with Crippen molar-refractivity contribution in [1.82, 2.24) is 39.7 Å². The zero-order valence-corrected chi connectivity index (χ0v) is 19.7. The number of amides is 1. The molecule has 0 radical (unpaired) electrons. The van der Waals surface area contributed by atoms with E-state index in [2.05, 4.69) is 25.3 Å². The zero-order valence-electron chi connectivity index (χ0n) is 19.7. The fourth-order valence-electron chi connectivity index (χ4n) is 6.20. The number of hydrogen-bond acceptors (Lipinski definition) is 8. The highest BCUT2D eigenvalue weighted by atomic mass is 16.3. The predicted molar refractivity (Wildman–Crippen MR) is 130 cm³/mol. The van der Waals surface area contributed by atoms with Gasteiger partial charge in [0.2, 0.25) is 5.82 Å². The molecule has 7 rings (SSSR count). The zero-order chi connectivity index (χ0) is 24.4. The number of aromatic nitrogens is 7. The average Bonchev–Trinajstić information content (AvgIpc) is 3.61. The predicted octanol–water partition coefficient (Wildman–Crippen LogP) is 2.41. The van der Waals surface area contributed by atoms with Crippen LogP contribution in [-0.2, 0) is 5.60 Å². The van der Waals surface area contributed by atoms with Crippen LogP contribution in [0, 0.1) is 0 Å². The Morgan fingerprint density at radius 1 is 1.17 bits per heavy atom. The van der Waals surface area contributed by atoms with Crippen molar-refractivity contribution in [1.29, 1.82) is 0 Å². The van der Waals surface area contributed by atoms with E-state index in [-0.39, 0.29) is 23.9 Å². The molecular formula is C25H27N9O2. The minimum absolute atomic E-state index is 0.0815. The first-order valence-corrected chi connectivity index (χ1v) is 12.5. The van der Waals surface area contributed by atoms with Gasteiger partial charge in [-0.15, -0.1) is 10.2 Å². The van der Waals surface area contributed by atoms with E-state index in [0.29, 0.717) is 23.0 Å². The van der Waals surface area contributed by atoms with Gasteiger partial charge in [-0.2, -0.15) is 9.61 Å². The standard InChI is InChI=1S/C25H27N9O2/c26-21-10-19(15-8-16-3-4-17(9-15)33(16)24(35)22-28-13-29-32-22)31-23-18(12-30-34(21)23)14-2-5-20(27-11-14)25(36)6-1-7-25/h2,5,10-13,15-17,36H,1,3-4,6-9,26H2,(H,28,29,32)/t15-,16-,17+. The second-order valence-electron chi connectivity index (χ2n) is 10.3. The van der Waals surface area contributed by atoms with E-state index < -0.39 is 5.60 Å². The van der Waals surface area contributed by atoms with Gasteiger partial charge < -0.3 is 20.7 Å². The molecule has 36 heavy (non-hydrogen) atoms. The quantitative estimate of drug-likeness (QED) is 0.399. The Kier molecular flexibility index (Phi) is 4.65. The first-order valence-electron chi connectivity index (χ1n) is 12.5. The molecule has 0 unspecified atom stereocenters. The third-order valence-corrected chi connectivity index (χ3v) is 8.26. The highest BCUT2D eigenvalue weighted by Crippen LogP contribution is 2.44. The molecule has 4 N–H and O–H groups in total. The molecule has 6 heterocycles. The van der Waals surface area contributed by atoms with E-state index in [1.807, 2.05) is 23.1 Å². The molecule has 3 fully saturated rings. The van der Waals surface area contributed by atoms with Gasteiger partial charge in [0, 0.05) is 47.1 Å². The molecule has 1 saturated carbocycles. The van der Waals surface area contributed by atoms with Crippen LogP contribution < -0.4 is 5.73 Å². The van der Waals surface area contributed by atoms with Crippen molar-refractivity contribution < 1.29 is 9.90 Å². The van der Waals surface area contributed by atoms with E-state index in [4.69, 9.17) is 10.7 Å². The lowest BCUT2D eigenvalue weighted by Crippen LogP contribution is -2.46. The maximum Gasteiger partial charge on any atom is 0.292 e. The highest BCUT2D eigenvalue weighted by Gasteiger charge is 2.45. The summed E-state index contributed by atoms with van der Waals surface area (Å²) in [5.41, 5.74) is 9.69. The topological polar surface area (TPSA) is 151 Å². The van der Waals surface area contributed by atoms with Crippen molar-refractivity contribution in [3.8, 4) is 11.1 Å². The number of nitrogens with two attached hydrogens (primary N) is 1. The molecule has 3 atom stereocenters. The molecule has 4 aromatic heterocycles. The summed E-state index contributed by atoms with van der Waals surface area (Å²) in [6.07, 6.45) is 11.1. The molecule has 2 saturated heterocycles. The van der Waals surface area contributed by atoms with Crippen molar-refractivity contribution in [3.05, 3.63) is 54.1 Å². The maximum atomic E-state index is 13.0. The molecule has 2 aliphatic heterocycles. The fraction of sp³-hybridized carbons (Fsp3) is 0.440. The summed E-state index contributed by atoms with van der Waals surface area (Å²) in [5, 5.41) is 22.7. The molecular weight excluding hydrogens is 458 g/mol. The Balaban J connectivity index is 1.18. The number of nitrogen functional groups attached to an aromatic ring is 1. The lowest BCUT2D eigenvalue weighted by molar-refractivity contribution is -0.0426. The van der Waals surface area contributed by atoms with E-state index in [0.717, 1.165) is 61.8 Å². The third-order valence-electron chi connectivity index (χ3n) is 8.26. The molecule has 11 heteroatoms. The first kappa shape index (κ1) is 21.4. The second-order valence-corrected chi connectivity index (χ2v) is 10.3. The number of pyridine rings is 1. The van der Waals surface area contributed by atoms with E-state index in [1.54, 1.807) is 16.9 Å². The first-order chi connectivity index (χ1) is 17.5. The number of carbonyl (C=O) groups excluding carboxylic acids is 1. The number of hydrogen-bond donors (Lipinski definition) is 3. The van der Waals surface area contributed by atoms with Crippen LogP contribution >= 0.6 is 0 Å². The van der Waals surface area contributed by atoms with Crippen LogP contribution in [0.25, 0.3) is 16.8 Å². The molecule has 1 aliphatic carbocycles. The molecule has 0 spiro atoms. The molecule has 0 aromatic carbocycles. The Bertz CT molecular complexity index is 1430. The van der Waals surface area contributed by atoms with Gasteiger partial charge in [-0.3, -0.25) is 9.78 Å². The van der Waals surface area contributed by atoms with E-state index in [9.17, 15) is 9.90 Å². The Morgan fingerprint density at radius 2 is 1.97 bits per heavy atom. The molecule has 3 aliphatic rings. The average molecular weight is 486 g/mol. The molecule has 1 amide bonds. The van der Waals surface area contributed by atoms with Crippen LogP contribution in [0.3, 0.4) is 0 Å². The number of aliphatic hydroxyl groups is 1. The van der Waals surface area contributed by atoms with Crippen LogP contribution in [0.1, 0.15) is 72.9 Å². The monoisotopic (exact) mass is 485 g/mol. The summed E-state index contributed by atoms with van der Waals surface area (Å²) in [5.74, 6) is 0.941. The number of piperidine rings is 1. The fourth-order valence-corrected chi connectivity index (χ4v) is 6.20. The van der Waals surface area contributed by atoms with E-state index in [1.165, 1.54) is 6.33 Å². The van der Waals surface area contributed by atoms with Gasteiger partial charge in [0.15, 0.2) is 5.65 Å². The summed E-state index contributed by atoms with van der Waals surface area (Å²) < 4.78 is 1.66. The van der Waals surface area contributed by atoms with Gasteiger partial charge in [-0.05, 0) is 51.0 Å². The van der Waals surface area contributed by atoms with Crippen LogP contribution in [0.15, 0.2) is 36.9 Å². The van der Waals surface area contributed by atoms with Crippen molar-refractivity contribution in [2.45, 2.75) is 68.5 Å². The van der Waals surface area contributed by atoms with Crippen molar-refractivity contribution in [3.63, 3.8) is 0 Å². The third kappa shape index (κ3) is 3.22. The number of nitrogens with zero attached hydrogens (tertiary/aromatic N) is 7. The number of nitrogens with one attached hydrogen (secondary N) is 1.